The highest BCUT2D eigenvalue weighted by molar-refractivity contribution is 7.09. The monoisotopic (exact) mass is 402 g/mol. The Labute approximate surface area is 169 Å². The van der Waals surface area contributed by atoms with Gasteiger partial charge >= 0.3 is 6.03 Å². The van der Waals surface area contributed by atoms with Gasteiger partial charge in [-0.15, -0.1) is 11.3 Å². The van der Waals surface area contributed by atoms with Crippen LogP contribution in [-0.2, 0) is 11.3 Å². The maximum absolute atomic E-state index is 12.2. The summed E-state index contributed by atoms with van der Waals surface area (Å²) in [5, 5.41) is 7.06. The molecule has 1 aliphatic heterocycles. The molecule has 0 radical (unpaired) electrons. The third-order valence-electron chi connectivity index (χ3n) is 4.72. The summed E-state index contributed by atoms with van der Waals surface area (Å²) in [5.41, 5.74) is 1.11. The number of hydrogen-bond acceptors (Lipinski definition) is 6. The molecule has 1 fully saturated rings. The summed E-state index contributed by atoms with van der Waals surface area (Å²) in [7, 11) is 1.66. The van der Waals surface area contributed by atoms with Crippen LogP contribution in [-0.4, -0.2) is 56.2 Å². The van der Waals surface area contributed by atoms with Gasteiger partial charge in [-0.2, -0.15) is 0 Å². The first-order valence-electron chi connectivity index (χ1n) is 9.28. The highest BCUT2D eigenvalue weighted by Gasteiger charge is 2.25. The Morgan fingerprint density at radius 1 is 1.25 bits per heavy atom. The molecule has 2 heterocycles. The first-order valence-corrected chi connectivity index (χ1v) is 10.2. The molecule has 28 heavy (non-hydrogen) atoms. The van der Waals surface area contributed by atoms with E-state index in [0.717, 1.165) is 35.9 Å². The highest BCUT2D eigenvalue weighted by Crippen LogP contribution is 2.24. The minimum absolute atomic E-state index is 0.211. The number of nitrogens with one attached hydrogen (secondary N) is 2. The summed E-state index contributed by atoms with van der Waals surface area (Å²) in [5.74, 6) is 0.547. The zero-order valence-electron chi connectivity index (χ0n) is 16.2. The van der Waals surface area contributed by atoms with Gasteiger partial charge in [0.25, 0.3) is 0 Å². The Morgan fingerprint density at radius 2 is 2.11 bits per heavy atom. The van der Waals surface area contributed by atoms with Gasteiger partial charge in [0.1, 0.15) is 5.75 Å². The van der Waals surface area contributed by atoms with Crippen molar-refractivity contribution >= 4 is 29.0 Å². The Bertz CT molecular complexity index is 797. The zero-order chi connectivity index (χ0) is 19.9. The van der Waals surface area contributed by atoms with Crippen molar-refractivity contribution in [3.63, 3.8) is 0 Å². The Hall–Kier alpha value is -2.58. The maximum Gasteiger partial charge on any atom is 0.321 e. The first-order chi connectivity index (χ1) is 13.5. The second kappa shape index (κ2) is 9.57. The summed E-state index contributed by atoms with van der Waals surface area (Å²) in [6.45, 7) is 5.09. The number of benzene rings is 1. The van der Waals surface area contributed by atoms with Gasteiger partial charge in [0.05, 0.1) is 20.2 Å². The molecule has 8 heteroatoms. The van der Waals surface area contributed by atoms with Crippen molar-refractivity contribution < 1.29 is 14.3 Å². The van der Waals surface area contributed by atoms with Crippen LogP contribution in [0, 0.1) is 0 Å². The van der Waals surface area contributed by atoms with Crippen LogP contribution in [0.15, 0.2) is 41.8 Å². The zero-order valence-corrected chi connectivity index (χ0v) is 17.0. The fraction of sp³-hybridized carbons (Fsp3) is 0.400. The predicted molar refractivity (Wildman–Crippen MR) is 111 cm³/mol. The van der Waals surface area contributed by atoms with Crippen LogP contribution in [0.5, 0.6) is 5.75 Å². The molecular formula is C20H26N4O3S. The number of methoxy groups -OCH3 is 1. The molecule has 150 valence electrons. The molecule has 2 N–H and O–H groups in total. The third-order valence-corrected chi connectivity index (χ3v) is 5.60. The van der Waals surface area contributed by atoms with Crippen molar-refractivity contribution in [3.05, 3.63) is 46.7 Å². The molecule has 2 aromatic rings. The number of rotatable bonds is 6. The number of imide groups is 1. The van der Waals surface area contributed by atoms with E-state index in [-0.39, 0.29) is 18.5 Å². The summed E-state index contributed by atoms with van der Waals surface area (Å²) >= 11 is 1.56. The molecule has 1 unspecified atom stereocenters. The van der Waals surface area contributed by atoms with Crippen LogP contribution in [0.3, 0.4) is 0 Å². The van der Waals surface area contributed by atoms with Crippen LogP contribution in [0.25, 0.3) is 0 Å². The van der Waals surface area contributed by atoms with E-state index in [1.807, 2.05) is 35.7 Å². The van der Waals surface area contributed by atoms with Crippen molar-refractivity contribution in [1.29, 1.82) is 0 Å². The average molecular weight is 403 g/mol. The van der Waals surface area contributed by atoms with E-state index < -0.39 is 6.03 Å². The number of urea groups is 1. The quantitative estimate of drug-likeness (QED) is 0.776. The maximum atomic E-state index is 12.2. The number of ether oxygens (including phenoxy) is 1. The number of nitrogens with zero attached hydrogens (tertiary/aromatic N) is 2. The minimum Gasteiger partial charge on any atom is -0.497 e. The number of amides is 3. The van der Waals surface area contributed by atoms with E-state index in [1.165, 1.54) is 0 Å². The lowest BCUT2D eigenvalue weighted by Gasteiger charge is -2.41. The van der Waals surface area contributed by atoms with E-state index in [4.69, 9.17) is 4.74 Å². The summed E-state index contributed by atoms with van der Waals surface area (Å²) in [4.78, 5) is 29.5. The third kappa shape index (κ3) is 5.46. The van der Waals surface area contributed by atoms with E-state index in [2.05, 4.69) is 33.4 Å². The number of carbonyl (C=O) groups is 2. The fourth-order valence-corrected chi connectivity index (χ4v) is 3.99. The lowest BCUT2D eigenvalue weighted by molar-refractivity contribution is -0.121. The van der Waals surface area contributed by atoms with Crippen LogP contribution in [0.2, 0.25) is 0 Å². The van der Waals surface area contributed by atoms with Crippen molar-refractivity contribution in [2.75, 3.05) is 38.2 Å². The van der Waals surface area contributed by atoms with Crippen molar-refractivity contribution in [2.45, 2.75) is 19.5 Å². The normalized spacial score (nSPS) is 17.2. The summed E-state index contributed by atoms with van der Waals surface area (Å²) < 4.78 is 5.31. The molecule has 0 aliphatic carbocycles. The molecule has 1 aliphatic rings. The standard InChI is InChI=1S/C20H26N4O3S/c1-15-13-23(8-9-24(15)16-5-3-6-17(11-16)27-2)14-19(25)22-20(26)21-12-18-7-4-10-28-18/h3-7,10-11,15H,8-9,12-14H2,1-2H3,(H2,21,22,25,26). The van der Waals surface area contributed by atoms with Gasteiger partial charge in [-0.05, 0) is 30.5 Å². The number of thiophene rings is 1. The molecular weight excluding hydrogens is 376 g/mol. The second-order valence-corrected chi connectivity index (χ2v) is 7.82. The van der Waals surface area contributed by atoms with E-state index in [1.54, 1.807) is 18.4 Å². The van der Waals surface area contributed by atoms with Crippen molar-refractivity contribution in [1.82, 2.24) is 15.5 Å². The Morgan fingerprint density at radius 3 is 2.82 bits per heavy atom. The largest absolute Gasteiger partial charge is 0.497 e. The predicted octanol–water partition coefficient (Wildman–Crippen LogP) is 2.29. The molecule has 0 saturated carbocycles. The lowest BCUT2D eigenvalue weighted by atomic mass is 10.1. The van der Waals surface area contributed by atoms with Gasteiger partial charge in [0, 0.05) is 42.3 Å². The molecule has 7 nitrogen and oxygen atoms in total. The summed E-state index contributed by atoms with van der Waals surface area (Å²) in [6, 6.07) is 11.7. The first kappa shape index (κ1) is 20.2. The molecule has 3 amide bonds. The van der Waals surface area contributed by atoms with Crippen molar-refractivity contribution in [3.8, 4) is 5.75 Å². The molecule has 0 spiro atoms. The van der Waals surface area contributed by atoms with E-state index >= 15 is 0 Å². The topological polar surface area (TPSA) is 73.9 Å². The Kier molecular flexibility index (Phi) is 6.89. The average Bonchev–Trinajstić information content (AvgIpc) is 3.20. The van der Waals surface area contributed by atoms with Gasteiger partial charge in [0.15, 0.2) is 0 Å². The fourth-order valence-electron chi connectivity index (χ4n) is 3.34. The van der Waals surface area contributed by atoms with Crippen LogP contribution >= 0.6 is 11.3 Å². The molecule has 1 saturated heterocycles. The molecule has 1 aromatic carbocycles. The number of carbonyl (C=O) groups excluding carboxylic acids is 2. The number of hydrogen-bond donors (Lipinski definition) is 2. The molecule has 1 aromatic heterocycles. The summed E-state index contributed by atoms with van der Waals surface area (Å²) in [6.07, 6.45) is 0. The van der Waals surface area contributed by atoms with Gasteiger partial charge in [-0.1, -0.05) is 12.1 Å². The van der Waals surface area contributed by atoms with Crippen LogP contribution < -0.4 is 20.3 Å². The van der Waals surface area contributed by atoms with Gasteiger partial charge in [-0.3, -0.25) is 15.0 Å². The minimum atomic E-state index is -0.457. The van der Waals surface area contributed by atoms with Gasteiger partial charge in [-0.25, -0.2) is 4.79 Å². The van der Waals surface area contributed by atoms with Crippen LogP contribution in [0.4, 0.5) is 10.5 Å². The molecule has 0 bridgehead atoms. The number of anilines is 1. The van der Waals surface area contributed by atoms with Gasteiger partial charge < -0.3 is 15.0 Å². The van der Waals surface area contributed by atoms with E-state index in [0.29, 0.717) is 6.54 Å². The van der Waals surface area contributed by atoms with E-state index in [9.17, 15) is 9.59 Å². The molecule has 1 atom stereocenters. The van der Waals surface area contributed by atoms with Crippen molar-refractivity contribution in [2.24, 2.45) is 0 Å². The number of piperazine rings is 1. The highest BCUT2D eigenvalue weighted by atomic mass is 32.1. The molecule has 3 rings (SSSR count). The second-order valence-electron chi connectivity index (χ2n) is 6.79. The van der Waals surface area contributed by atoms with Gasteiger partial charge in [0.2, 0.25) is 5.91 Å². The smallest absolute Gasteiger partial charge is 0.321 e. The van der Waals surface area contributed by atoms with Crippen LogP contribution in [0.1, 0.15) is 11.8 Å². The Balaban J connectivity index is 1.44. The SMILES string of the molecule is COc1cccc(N2CCN(CC(=O)NC(=O)NCc3cccs3)CC2C)c1. The lowest BCUT2D eigenvalue weighted by Crippen LogP contribution is -2.54.